The molecule has 0 aliphatic heterocycles. The van der Waals surface area contributed by atoms with E-state index in [0.29, 0.717) is 22.9 Å². The molecule has 186 valence electrons. The van der Waals surface area contributed by atoms with Gasteiger partial charge in [0.05, 0.1) is 24.0 Å². The van der Waals surface area contributed by atoms with E-state index in [4.69, 9.17) is 5.73 Å². The number of H-pyrrole nitrogens is 2. The van der Waals surface area contributed by atoms with Crippen LogP contribution in [-0.4, -0.2) is 32.2 Å². The van der Waals surface area contributed by atoms with Crippen molar-refractivity contribution in [3.05, 3.63) is 97.0 Å². The number of nitrogens with zero attached hydrogens (tertiary/aromatic N) is 3. The number of hydrogen-bond acceptors (Lipinski definition) is 6. The first-order valence-corrected chi connectivity index (χ1v) is 11.7. The van der Waals surface area contributed by atoms with Gasteiger partial charge in [0.15, 0.2) is 5.69 Å². The van der Waals surface area contributed by atoms with Gasteiger partial charge in [0.1, 0.15) is 5.82 Å². The Kier molecular flexibility index (Phi) is 7.14. The monoisotopic (exact) mass is 488 g/mol. The van der Waals surface area contributed by atoms with Crippen LogP contribution in [0.4, 0.5) is 11.5 Å². The van der Waals surface area contributed by atoms with Crippen molar-refractivity contribution in [3.63, 3.8) is 0 Å². The summed E-state index contributed by atoms with van der Waals surface area (Å²) in [7, 11) is 0. The maximum atomic E-state index is 13.6. The number of carbonyl (C=O) groups is 1. The van der Waals surface area contributed by atoms with Gasteiger partial charge in [-0.3, -0.25) is 23.9 Å². The van der Waals surface area contributed by atoms with E-state index in [2.05, 4.69) is 15.2 Å². The van der Waals surface area contributed by atoms with E-state index in [9.17, 15) is 19.2 Å². The summed E-state index contributed by atoms with van der Waals surface area (Å²) in [5.41, 5.74) is 5.72. The molecule has 0 saturated carbocycles. The third-order valence-corrected chi connectivity index (χ3v) is 5.99. The summed E-state index contributed by atoms with van der Waals surface area (Å²) < 4.78 is 1.25. The fourth-order valence-corrected chi connectivity index (χ4v) is 4.05. The molecule has 0 fully saturated rings. The molecule has 0 radical (unpaired) electrons. The lowest BCUT2D eigenvalue weighted by molar-refractivity contribution is -0.118. The minimum Gasteiger partial charge on any atom is -0.383 e. The van der Waals surface area contributed by atoms with Gasteiger partial charge in [-0.15, -0.1) is 0 Å². The Morgan fingerprint density at radius 3 is 2.36 bits per heavy atom. The number of nitrogens with one attached hydrogen (secondary N) is 2. The van der Waals surface area contributed by atoms with Gasteiger partial charge in [0.2, 0.25) is 5.91 Å². The number of amides is 1. The molecular formula is C26H28N6O4. The van der Waals surface area contributed by atoms with Gasteiger partial charge < -0.3 is 10.6 Å². The van der Waals surface area contributed by atoms with Crippen LogP contribution in [0.25, 0.3) is 10.8 Å². The first-order valence-electron chi connectivity index (χ1n) is 11.7. The number of hydrogen-bond donors (Lipinski definition) is 3. The second-order valence-electron chi connectivity index (χ2n) is 9.01. The summed E-state index contributed by atoms with van der Waals surface area (Å²) >= 11 is 0. The van der Waals surface area contributed by atoms with Crippen LogP contribution < -0.4 is 27.4 Å². The zero-order valence-electron chi connectivity index (χ0n) is 20.2. The van der Waals surface area contributed by atoms with Crippen molar-refractivity contribution >= 4 is 28.2 Å². The normalized spacial score (nSPS) is 11.2. The molecule has 10 nitrogen and oxygen atoms in total. The molecule has 0 unspecified atom stereocenters. The highest BCUT2D eigenvalue weighted by Crippen LogP contribution is 2.21. The number of aromatic amines is 2. The summed E-state index contributed by atoms with van der Waals surface area (Å²) in [5, 5.41) is 7.49. The van der Waals surface area contributed by atoms with Crippen molar-refractivity contribution in [1.82, 2.24) is 19.7 Å². The summed E-state index contributed by atoms with van der Waals surface area (Å²) in [4.78, 5) is 55.0. The van der Waals surface area contributed by atoms with E-state index in [-0.39, 0.29) is 42.5 Å². The molecule has 4 aromatic rings. The number of aromatic nitrogens is 4. The quantitative estimate of drug-likeness (QED) is 0.346. The molecule has 0 saturated heterocycles. The van der Waals surface area contributed by atoms with E-state index in [1.165, 1.54) is 9.47 Å². The van der Waals surface area contributed by atoms with Gasteiger partial charge >= 0.3 is 5.69 Å². The van der Waals surface area contributed by atoms with E-state index >= 15 is 0 Å². The number of carbonyl (C=O) groups excluding carboxylic acids is 1. The van der Waals surface area contributed by atoms with Gasteiger partial charge in [0, 0.05) is 11.9 Å². The lowest BCUT2D eigenvalue weighted by atomic mass is 10.1. The van der Waals surface area contributed by atoms with Crippen LogP contribution in [0.1, 0.15) is 31.5 Å². The molecule has 10 heteroatoms. The zero-order valence-corrected chi connectivity index (χ0v) is 20.2. The van der Waals surface area contributed by atoms with Crippen molar-refractivity contribution in [2.45, 2.75) is 33.2 Å². The van der Waals surface area contributed by atoms with Gasteiger partial charge in [0.25, 0.3) is 11.1 Å². The molecule has 0 spiro atoms. The van der Waals surface area contributed by atoms with Crippen LogP contribution in [0.2, 0.25) is 0 Å². The van der Waals surface area contributed by atoms with Gasteiger partial charge in [-0.25, -0.2) is 9.89 Å². The molecule has 4 N–H and O–H groups in total. The molecule has 0 aliphatic carbocycles. The molecule has 1 amide bonds. The maximum Gasteiger partial charge on any atom is 0.330 e. The minimum atomic E-state index is -0.738. The number of rotatable bonds is 8. The van der Waals surface area contributed by atoms with Crippen molar-refractivity contribution < 1.29 is 4.79 Å². The molecule has 0 bridgehead atoms. The predicted octanol–water partition coefficient (Wildman–Crippen LogP) is 2.03. The van der Waals surface area contributed by atoms with Crippen molar-refractivity contribution in [2.24, 2.45) is 5.92 Å². The standard InChI is InChI=1S/C26H28N6O4/c1-16(2)12-13-31(21(33)14-20-18-10-6-7-11-19(18)24(34)30-29-20)22-23(27)32(26(36)28-25(22)35)15-17-8-4-3-5-9-17/h3-11,16H,12-15,27H2,1-2H3,(H,30,34)(H,28,35,36). The van der Waals surface area contributed by atoms with E-state index < -0.39 is 17.2 Å². The minimum absolute atomic E-state index is 0.0788. The highest BCUT2D eigenvalue weighted by Gasteiger charge is 2.25. The van der Waals surface area contributed by atoms with Crippen LogP contribution in [0.15, 0.2) is 69.0 Å². The Hall–Kier alpha value is -4.47. The van der Waals surface area contributed by atoms with Gasteiger partial charge in [-0.2, -0.15) is 5.10 Å². The smallest absolute Gasteiger partial charge is 0.330 e. The lowest BCUT2D eigenvalue weighted by Gasteiger charge is -2.25. The molecule has 0 atom stereocenters. The van der Waals surface area contributed by atoms with Crippen LogP contribution >= 0.6 is 0 Å². The summed E-state index contributed by atoms with van der Waals surface area (Å²) in [6.07, 6.45) is 0.425. The van der Waals surface area contributed by atoms with Crippen molar-refractivity contribution in [2.75, 3.05) is 17.2 Å². The highest BCUT2D eigenvalue weighted by molar-refractivity contribution is 5.98. The molecule has 36 heavy (non-hydrogen) atoms. The summed E-state index contributed by atoms with van der Waals surface area (Å²) in [5.74, 6) is -0.283. The Morgan fingerprint density at radius 1 is 1.00 bits per heavy atom. The van der Waals surface area contributed by atoms with Crippen LogP contribution in [-0.2, 0) is 17.8 Å². The Balaban J connectivity index is 1.77. The predicted molar refractivity (Wildman–Crippen MR) is 139 cm³/mol. The van der Waals surface area contributed by atoms with E-state index in [1.54, 1.807) is 24.3 Å². The summed E-state index contributed by atoms with van der Waals surface area (Å²) in [6.45, 7) is 4.36. The number of benzene rings is 2. The molecule has 4 rings (SSSR count). The largest absolute Gasteiger partial charge is 0.383 e. The van der Waals surface area contributed by atoms with Crippen molar-refractivity contribution in [1.29, 1.82) is 0 Å². The average Bonchev–Trinajstić information content (AvgIpc) is 2.86. The van der Waals surface area contributed by atoms with Gasteiger partial charge in [-0.05, 0) is 24.0 Å². The number of fused-ring (bicyclic) bond motifs is 1. The first-order chi connectivity index (χ1) is 17.3. The Morgan fingerprint density at radius 2 is 1.67 bits per heavy atom. The molecular weight excluding hydrogens is 460 g/mol. The number of nitrogen functional groups attached to an aromatic ring is 1. The molecule has 2 heterocycles. The topological polar surface area (TPSA) is 147 Å². The number of nitrogens with two attached hydrogens (primary N) is 1. The van der Waals surface area contributed by atoms with E-state index in [1.807, 2.05) is 44.2 Å². The molecule has 2 aromatic heterocycles. The second kappa shape index (κ2) is 10.4. The third-order valence-electron chi connectivity index (χ3n) is 5.99. The highest BCUT2D eigenvalue weighted by atomic mass is 16.2. The van der Waals surface area contributed by atoms with Crippen molar-refractivity contribution in [3.8, 4) is 0 Å². The van der Waals surface area contributed by atoms with Crippen LogP contribution in [0.5, 0.6) is 0 Å². The second-order valence-corrected chi connectivity index (χ2v) is 9.01. The van der Waals surface area contributed by atoms with Crippen LogP contribution in [0, 0.1) is 5.92 Å². The number of anilines is 2. The summed E-state index contributed by atoms with van der Waals surface area (Å²) in [6, 6.07) is 16.1. The van der Waals surface area contributed by atoms with E-state index in [0.717, 1.165) is 5.56 Å². The maximum absolute atomic E-state index is 13.6. The first kappa shape index (κ1) is 24.6. The fourth-order valence-electron chi connectivity index (χ4n) is 4.05. The molecule has 2 aromatic carbocycles. The lowest BCUT2D eigenvalue weighted by Crippen LogP contribution is -2.42. The van der Waals surface area contributed by atoms with Gasteiger partial charge in [-0.1, -0.05) is 62.4 Å². The average molecular weight is 489 g/mol. The van der Waals surface area contributed by atoms with Crippen LogP contribution in [0.3, 0.4) is 0 Å². The SMILES string of the molecule is CC(C)CCN(C(=O)Cc1n[nH]c(=O)c2ccccc12)c1c(N)n(Cc2ccccc2)c(=O)[nH]c1=O. The molecule has 0 aliphatic rings. The Bertz CT molecular complexity index is 1570. The Labute approximate surface area is 206 Å². The fraction of sp³-hybridized carbons (Fsp3) is 0.269. The third kappa shape index (κ3) is 5.12. The zero-order chi connectivity index (χ0) is 25.8.